The van der Waals surface area contributed by atoms with E-state index in [-0.39, 0.29) is 12.5 Å². The van der Waals surface area contributed by atoms with Gasteiger partial charge in [0.2, 0.25) is 0 Å². The SMILES string of the molecule is O=C(Nc1ccc(CO)cn1)c1c[nH]c2c3nc-3cc12. The third-order valence-corrected chi connectivity index (χ3v) is 3.36. The third-order valence-electron chi connectivity index (χ3n) is 3.36. The molecule has 6 nitrogen and oxygen atoms in total. The number of aliphatic hydroxyl groups excluding tert-OH is 1. The molecule has 2 aromatic heterocycles. The minimum absolute atomic E-state index is 0.0672. The molecule has 0 spiro atoms. The Bertz CT molecular complexity index is 836. The number of H-pyrrole nitrogens is 1. The van der Waals surface area contributed by atoms with Crippen LogP contribution in [0.4, 0.5) is 5.82 Å². The van der Waals surface area contributed by atoms with Crippen LogP contribution in [-0.4, -0.2) is 26.0 Å². The molecule has 2 aromatic rings. The van der Waals surface area contributed by atoms with Crippen LogP contribution in [0.3, 0.4) is 0 Å². The zero-order chi connectivity index (χ0) is 13.7. The molecule has 1 aliphatic carbocycles. The van der Waals surface area contributed by atoms with Crippen LogP contribution in [0.1, 0.15) is 15.9 Å². The maximum Gasteiger partial charge on any atom is 0.258 e. The van der Waals surface area contributed by atoms with E-state index in [0.717, 1.165) is 22.3 Å². The molecule has 0 aromatic carbocycles. The lowest BCUT2D eigenvalue weighted by Gasteiger charge is -2.03. The molecule has 2 aliphatic rings. The highest BCUT2D eigenvalue weighted by molar-refractivity contribution is 6.17. The molecule has 1 aliphatic heterocycles. The number of anilines is 1. The number of hydrogen-bond acceptors (Lipinski definition) is 4. The van der Waals surface area contributed by atoms with E-state index in [1.165, 1.54) is 6.20 Å². The van der Waals surface area contributed by atoms with Crippen molar-refractivity contribution in [1.29, 1.82) is 0 Å². The van der Waals surface area contributed by atoms with Gasteiger partial charge in [-0.2, -0.15) is 0 Å². The van der Waals surface area contributed by atoms with Gasteiger partial charge in [-0.25, -0.2) is 9.97 Å². The zero-order valence-electron chi connectivity index (χ0n) is 10.3. The van der Waals surface area contributed by atoms with Gasteiger partial charge < -0.3 is 15.4 Å². The molecule has 1 amide bonds. The summed E-state index contributed by atoms with van der Waals surface area (Å²) in [4.78, 5) is 23.5. The van der Waals surface area contributed by atoms with Crippen molar-refractivity contribution in [3.63, 3.8) is 0 Å². The number of nitrogens with zero attached hydrogens (tertiary/aromatic N) is 2. The second-order valence-electron chi connectivity index (χ2n) is 4.64. The van der Waals surface area contributed by atoms with Gasteiger partial charge in [0, 0.05) is 17.8 Å². The molecule has 0 saturated heterocycles. The molecule has 3 N–H and O–H groups in total. The van der Waals surface area contributed by atoms with Crippen LogP contribution in [0, 0.1) is 0 Å². The summed E-state index contributed by atoms with van der Waals surface area (Å²) in [6, 6.07) is 5.28. The average Bonchev–Trinajstić information content (AvgIpc) is 2.95. The van der Waals surface area contributed by atoms with Crippen molar-refractivity contribution in [2.45, 2.75) is 6.61 Å². The number of rotatable bonds is 3. The highest BCUT2D eigenvalue weighted by Gasteiger charge is 2.25. The first-order valence-electron chi connectivity index (χ1n) is 6.16. The monoisotopic (exact) mass is 266 g/mol. The van der Waals surface area contributed by atoms with Crippen molar-refractivity contribution in [2.75, 3.05) is 5.32 Å². The lowest BCUT2D eigenvalue weighted by atomic mass is 10.2. The first kappa shape index (κ1) is 11.1. The van der Waals surface area contributed by atoms with Crippen LogP contribution in [0.5, 0.6) is 0 Å². The summed E-state index contributed by atoms with van der Waals surface area (Å²) >= 11 is 0. The molecule has 0 fully saturated rings. The van der Waals surface area contributed by atoms with Gasteiger partial charge in [-0.1, -0.05) is 6.07 Å². The molecule has 0 atom stereocenters. The lowest BCUT2D eigenvalue weighted by molar-refractivity contribution is 0.102. The Morgan fingerprint density at radius 3 is 3.05 bits per heavy atom. The van der Waals surface area contributed by atoms with Crippen LogP contribution in [0.2, 0.25) is 0 Å². The van der Waals surface area contributed by atoms with Gasteiger partial charge in [0.15, 0.2) is 0 Å². The van der Waals surface area contributed by atoms with Gasteiger partial charge >= 0.3 is 0 Å². The number of carbonyl (C=O) groups is 1. The molecule has 20 heavy (non-hydrogen) atoms. The Kier molecular flexibility index (Phi) is 2.16. The van der Waals surface area contributed by atoms with Crippen molar-refractivity contribution < 1.29 is 9.90 Å². The Morgan fingerprint density at radius 2 is 2.30 bits per heavy atom. The lowest BCUT2D eigenvalue weighted by Crippen LogP contribution is -2.12. The van der Waals surface area contributed by atoms with Crippen LogP contribution < -0.4 is 5.32 Å². The largest absolute Gasteiger partial charge is 0.392 e. The summed E-state index contributed by atoms with van der Waals surface area (Å²) in [5, 5.41) is 12.6. The summed E-state index contributed by atoms with van der Waals surface area (Å²) in [5.74, 6) is 0.237. The quantitative estimate of drug-likeness (QED) is 0.526. The minimum Gasteiger partial charge on any atom is -0.392 e. The number of aromatic nitrogens is 3. The van der Waals surface area contributed by atoms with E-state index >= 15 is 0 Å². The van der Waals surface area contributed by atoms with Crippen LogP contribution >= 0.6 is 0 Å². The van der Waals surface area contributed by atoms with E-state index in [4.69, 9.17) is 5.11 Å². The Balaban J connectivity index is 1.61. The van der Waals surface area contributed by atoms with E-state index < -0.39 is 0 Å². The second-order valence-corrected chi connectivity index (χ2v) is 4.64. The predicted molar refractivity (Wildman–Crippen MR) is 73.2 cm³/mol. The number of nitrogens with one attached hydrogen (secondary N) is 2. The van der Waals surface area contributed by atoms with Crippen LogP contribution in [0.25, 0.3) is 22.3 Å². The maximum absolute atomic E-state index is 12.2. The number of amides is 1. The number of pyridine rings is 2. The Labute approximate surface area is 113 Å². The molecule has 0 saturated carbocycles. The highest BCUT2D eigenvalue weighted by atomic mass is 16.3. The standard InChI is InChI=1S/C14H10N4O2/c19-6-7-1-2-11(15-4-7)18-14(20)9-5-16-12-8(9)3-10-13(12)17-10/h1-5,16,19H,6H2,(H,15,18,20). The van der Waals surface area contributed by atoms with Gasteiger partial charge in [0.05, 0.1) is 23.4 Å². The molecule has 6 heteroatoms. The number of hydrogen-bond donors (Lipinski definition) is 3. The third kappa shape index (κ3) is 1.59. The van der Waals surface area contributed by atoms with E-state index in [2.05, 4.69) is 20.3 Å². The fourth-order valence-electron chi connectivity index (χ4n) is 2.26. The first-order valence-corrected chi connectivity index (χ1v) is 6.16. The summed E-state index contributed by atoms with van der Waals surface area (Å²) in [6.45, 7) is -0.0672. The van der Waals surface area contributed by atoms with Gasteiger partial charge in [-0.3, -0.25) is 4.79 Å². The average molecular weight is 266 g/mol. The number of aromatic amines is 1. The molecular formula is C14H10N4O2. The van der Waals surface area contributed by atoms with Gasteiger partial charge in [0.25, 0.3) is 5.91 Å². The van der Waals surface area contributed by atoms with Gasteiger partial charge in [-0.05, 0) is 17.7 Å². The number of fused-ring (bicyclic) bond motifs is 3. The van der Waals surface area contributed by atoms with Gasteiger partial charge in [0.1, 0.15) is 11.5 Å². The molecule has 4 rings (SSSR count). The van der Waals surface area contributed by atoms with Crippen LogP contribution in [-0.2, 0) is 6.61 Å². The molecule has 0 radical (unpaired) electrons. The molecule has 3 heterocycles. The fraction of sp³-hybridized carbons (Fsp3) is 0.0714. The molecular weight excluding hydrogens is 256 g/mol. The van der Waals surface area contributed by atoms with E-state index in [0.29, 0.717) is 16.9 Å². The number of carbonyl (C=O) groups excluding carboxylic acids is 1. The minimum atomic E-state index is -0.217. The smallest absolute Gasteiger partial charge is 0.258 e. The Hall–Kier alpha value is -2.73. The summed E-state index contributed by atoms with van der Waals surface area (Å²) in [7, 11) is 0. The highest BCUT2D eigenvalue weighted by Crippen LogP contribution is 2.39. The summed E-state index contributed by atoms with van der Waals surface area (Å²) < 4.78 is 0. The van der Waals surface area contributed by atoms with Crippen molar-refractivity contribution in [3.8, 4) is 11.4 Å². The number of aliphatic hydroxyl groups is 1. The predicted octanol–water partition coefficient (Wildman–Crippen LogP) is 1.68. The normalized spacial score (nSPS) is 11.7. The maximum atomic E-state index is 12.2. The first-order chi connectivity index (χ1) is 9.76. The fourth-order valence-corrected chi connectivity index (χ4v) is 2.26. The summed E-state index contributed by atoms with van der Waals surface area (Å²) in [6.07, 6.45) is 3.21. The molecule has 0 bridgehead atoms. The van der Waals surface area contributed by atoms with Gasteiger partial charge in [-0.15, -0.1) is 0 Å². The molecule has 0 unspecified atom stereocenters. The van der Waals surface area contributed by atoms with E-state index in [9.17, 15) is 4.79 Å². The van der Waals surface area contributed by atoms with Crippen molar-refractivity contribution in [1.82, 2.24) is 15.0 Å². The van der Waals surface area contributed by atoms with Crippen molar-refractivity contribution in [2.24, 2.45) is 0 Å². The van der Waals surface area contributed by atoms with Crippen molar-refractivity contribution >= 4 is 22.6 Å². The summed E-state index contributed by atoms with van der Waals surface area (Å²) in [5.41, 5.74) is 4.09. The van der Waals surface area contributed by atoms with Crippen molar-refractivity contribution in [3.05, 3.63) is 41.7 Å². The second kappa shape index (κ2) is 3.88. The van der Waals surface area contributed by atoms with Crippen LogP contribution in [0.15, 0.2) is 30.6 Å². The topological polar surface area (TPSA) is 90.9 Å². The molecule has 98 valence electrons. The zero-order valence-corrected chi connectivity index (χ0v) is 10.3. The Morgan fingerprint density at radius 1 is 1.40 bits per heavy atom. The van der Waals surface area contributed by atoms with E-state index in [1.54, 1.807) is 18.3 Å². The van der Waals surface area contributed by atoms with E-state index in [1.807, 2.05) is 6.07 Å².